The maximum atomic E-state index is 11.3. The second-order valence-corrected chi connectivity index (χ2v) is 2.87. The van der Waals surface area contributed by atoms with Crippen LogP contribution < -0.4 is 11.1 Å². The van der Waals surface area contributed by atoms with Crippen LogP contribution in [0.1, 0.15) is 0 Å². The molecule has 0 radical (unpaired) electrons. The zero-order valence-electron chi connectivity index (χ0n) is 6.64. The summed E-state index contributed by atoms with van der Waals surface area (Å²) in [6.45, 7) is 0. The van der Waals surface area contributed by atoms with Crippen LogP contribution >= 0.6 is 12.2 Å². The fourth-order valence-corrected chi connectivity index (χ4v) is 1.23. The summed E-state index contributed by atoms with van der Waals surface area (Å²) in [5, 5.41) is 9.21. The molecule has 2 amide bonds. The third-order valence-corrected chi connectivity index (χ3v) is 1.79. The van der Waals surface area contributed by atoms with Gasteiger partial charge in [0.2, 0.25) is 5.11 Å². The second-order valence-electron chi connectivity index (χ2n) is 2.48. The molecule has 0 atom stereocenters. The van der Waals surface area contributed by atoms with Crippen LogP contribution in [0.4, 0.5) is 0 Å². The molecular weight excluding hydrogens is 206 g/mol. The summed E-state index contributed by atoms with van der Waals surface area (Å²) < 4.78 is 0. The first kappa shape index (κ1) is 8.63. The van der Waals surface area contributed by atoms with Crippen molar-refractivity contribution in [1.82, 2.24) is 5.32 Å². The van der Waals surface area contributed by atoms with Crippen molar-refractivity contribution in [3.8, 4) is 0 Å². The van der Waals surface area contributed by atoms with Gasteiger partial charge in [-0.05, 0) is 12.2 Å². The van der Waals surface area contributed by atoms with Crippen LogP contribution in [0.2, 0.25) is 0 Å². The van der Waals surface area contributed by atoms with Crippen LogP contribution in [0.15, 0.2) is 26.5 Å². The maximum absolute atomic E-state index is 11.3. The average molecular weight is 209 g/mol. The molecule has 2 aliphatic rings. The molecule has 2 heterocycles. The van der Waals surface area contributed by atoms with Crippen LogP contribution in [0.5, 0.6) is 0 Å². The minimum absolute atomic E-state index is 0.00146. The van der Waals surface area contributed by atoms with Crippen LogP contribution in [0.25, 0.3) is 0 Å². The fraction of sp³-hybridized carbons (Fsp3) is 0. The highest BCUT2D eigenvalue weighted by Gasteiger charge is 2.32. The number of amides is 2. The summed E-state index contributed by atoms with van der Waals surface area (Å²) in [4.78, 5) is 25.9. The Morgan fingerprint density at radius 3 is 2.79 bits per heavy atom. The van der Waals surface area contributed by atoms with Crippen molar-refractivity contribution in [2.75, 3.05) is 0 Å². The van der Waals surface area contributed by atoms with Gasteiger partial charge in [-0.3, -0.25) is 14.9 Å². The lowest BCUT2D eigenvalue weighted by molar-refractivity contribution is -0.117. The molecule has 8 heteroatoms. The van der Waals surface area contributed by atoms with Gasteiger partial charge in [-0.2, -0.15) is 4.99 Å². The molecule has 0 fully saturated rings. The number of nitrogens with two attached hydrogens (primary N) is 1. The highest BCUT2D eigenvalue weighted by molar-refractivity contribution is 7.80. The molecular formula is C6H3N5O2S. The Labute approximate surface area is 82.8 Å². The van der Waals surface area contributed by atoms with Crippen LogP contribution in [-0.2, 0) is 9.59 Å². The highest BCUT2D eigenvalue weighted by atomic mass is 32.1. The summed E-state index contributed by atoms with van der Waals surface area (Å²) in [5.74, 6) is -1.34. The van der Waals surface area contributed by atoms with E-state index in [9.17, 15) is 9.59 Å². The van der Waals surface area contributed by atoms with E-state index in [1.54, 1.807) is 0 Å². The number of amidine groups is 1. The summed E-state index contributed by atoms with van der Waals surface area (Å²) in [7, 11) is 0. The van der Waals surface area contributed by atoms with E-state index in [0.29, 0.717) is 0 Å². The number of primary amides is 1. The molecule has 0 aromatic carbocycles. The Kier molecular flexibility index (Phi) is 1.71. The molecule has 2 rings (SSSR count). The van der Waals surface area contributed by atoms with E-state index in [0.717, 1.165) is 0 Å². The topological polar surface area (TPSA) is 109 Å². The standard InChI is InChI=1S/C6H3N5O2S/c7-3(12)2-1-4(11-10-2)8-6(14)9-5(1)13/h(H2,7,12)(H,9,13,14). The predicted molar refractivity (Wildman–Crippen MR) is 49.3 cm³/mol. The van der Waals surface area contributed by atoms with Crippen molar-refractivity contribution < 1.29 is 9.59 Å². The van der Waals surface area contributed by atoms with Gasteiger partial charge in [0.05, 0.1) is 0 Å². The first-order chi connectivity index (χ1) is 6.59. The van der Waals surface area contributed by atoms with Gasteiger partial charge in [0.1, 0.15) is 5.57 Å². The number of rotatable bonds is 1. The Bertz CT molecular complexity index is 461. The molecule has 7 nitrogen and oxygen atoms in total. The summed E-state index contributed by atoms with van der Waals surface area (Å²) in [6.07, 6.45) is 0. The van der Waals surface area contributed by atoms with Crippen molar-refractivity contribution >= 4 is 35.0 Å². The molecule has 0 aromatic heterocycles. The average Bonchev–Trinajstić information content (AvgIpc) is 2.47. The Hall–Kier alpha value is -1.96. The highest BCUT2D eigenvalue weighted by Crippen LogP contribution is 2.20. The largest absolute Gasteiger partial charge is 0.364 e. The number of thiocarbonyl (C=S) groups is 1. The van der Waals surface area contributed by atoms with E-state index in [1.807, 2.05) is 0 Å². The third-order valence-electron chi connectivity index (χ3n) is 1.59. The van der Waals surface area contributed by atoms with Crippen molar-refractivity contribution in [1.29, 1.82) is 0 Å². The molecule has 0 saturated heterocycles. The fourth-order valence-electron chi connectivity index (χ4n) is 1.05. The predicted octanol–water partition coefficient (Wildman–Crippen LogP) is -0.995. The van der Waals surface area contributed by atoms with Gasteiger partial charge in [0.15, 0.2) is 11.5 Å². The SMILES string of the molecule is NC(=O)C1=C2C(=O)NC(=S)N=C2N=N1. The lowest BCUT2D eigenvalue weighted by Gasteiger charge is -2.09. The van der Waals surface area contributed by atoms with Crippen molar-refractivity contribution in [3.05, 3.63) is 11.3 Å². The molecule has 14 heavy (non-hydrogen) atoms. The first-order valence-electron chi connectivity index (χ1n) is 3.50. The smallest absolute Gasteiger partial charge is 0.270 e. The minimum atomic E-state index is -0.822. The van der Waals surface area contributed by atoms with Crippen molar-refractivity contribution in [2.45, 2.75) is 0 Å². The third kappa shape index (κ3) is 1.12. The van der Waals surface area contributed by atoms with E-state index in [2.05, 4.69) is 32.8 Å². The van der Waals surface area contributed by atoms with E-state index in [-0.39, 0.29) is 22.2 Å². The normalized spacial score (nSPS) is 19.3. The number of carbonyl (C=O) groups excluding carboxylic acids is 2. The summed E-state index contributed by atoms with van der Waals surface area (Å²) in [5.41, 5.74) is 4.77. The number of hydrogen-bond donors (Lipinski definition) is 2. The van der Waals surface area contributed by atoms with Crippen molar-refractivity contribution in [3.63, 3.8) is 0 Å². The number of hydrogen-bond acceptors (Lipinski definition) is 5. The van der Waals surface area contributed by atoms with Gasteiger partial charge in [-0.15, -0.1) is 10.2 Å². The van der Waals surface area contributed by atoms with E-state index < -0.39 is 11.8 Å². The van der Waals surface area contributed by atoms with Gasteiger partial charge < -0.3 is 5.73 Å². The minimum Gasteiger partial charge on any atom is -0.364 e. The van der Waals surface area contributed by atoms with E-state index >= 15 is 0 Å². The first-order valence-corrected chi connectivity index (χ1v) is 3.90. The molecule has 0 saturated carbocycles. The van der Waals surface area contributed by atoms with Gasteiger partial charge in [0, 0.05) is 0 Å². The van der Waals surface area contributed by atoms with E-state index in [1.165, 1.54) is 0 Å². The quantitative estimate of drug-likeness (QED) is 0.540. The molecule has 2 aliphatic heterocycles. The van der Waals surface area contributed by atoms with E-state index in [4.69, 9.17) is 5.73 Å². The number of carbonyl (C=O) groups is 2. The van der Waals surface area contributed by atoms with Crippen molar-refractivity contribution in [2.24, 2.45) is 21.0 Å². The van der Waals surface area contributed by atoms with Gasteiger partial charge in [-0.25, -0.2) is 0 Å². The summed E-state index contributed by atoms with van der Waals surface area (Å²) in [6, 6.07) is 0. The Morgan fingerprint density at radius 1 is 1.43 bits per heavy atom. The number of fused-ring (bicyclic) bond motifs is 1. The van der Waals surface area contributed by atoms with Crippen LogP contribution in [0.3, 0.4) is 0 Å². The number of nitrogens with zero attached hydrogens (tertiary/aromatic N) is 3. The Morgan fingerprint density at radius 2 is 2.14 bits per heavy atom. The van der Waals surface area contributed by atoms with Gasteiger partial charge >= 0.3 is 0 Å². The number of aliphatic imine (C=N–C) groups is 1. The molecule has 3 N–H and O–H groups in total. The maximum Gasteiger partial charge on any atom is 0.270 e. The van der Waals surface area contributed by atoms with Gasteiger partial charge in [-0.1, -0.05) is 0 Å². The lowest BCUT2D eigenvalue weighted by atomic mass is 10.1. The van der Waals surface area contributed by atoms with Gasteiger partial charge in [0.25, 0.3) is 11.8 Å². The second kappa shape index (κ2) is 2.77. The van der Waals surface area contributed by atoms with Crippen LogP contribution in [-0.4, -0.2) is 22.8 Å². The molecule has 0 bridgehead atoms. The molecule has 0 aromatic rings. The number of azo groups is 1. The number of nitrogens with one attached hydrogen (secondary N) is 1. The lowest BCUT2D eigenvalue weighted by Crippen LogP contribution is -2.37. The molecule has 0 unspecified atom stereocenters. The zero-order chi connectivity index (χ0) is 10.3. The molecule has 0 spiro atoms. The summed E-state index contributed by atoms with van der Waals surface area (Å²) >= 11 is 4.65. The molecule has 70 valence electrons. The van der Waals surface area contributed by atoms with Crippen LogP contribution in [0, 0.1) is 0 Å². The monoisotopic (exact) mass is 209 g/mol. The zero-order valence-corrected chi connectivity index (χ0v) is 7.46. The molecule has 0 aliphatic carbocycles. The Balaban J connectivity index is 2.60.